The predicted molar refractivity (Wildman–Crippen MR) is 96.6 cm³/mol. The van der Waals surface area contributed by atoms with Gasteiger partial charge in [-0.25, -0.2) is 5.43 Å². The molecule has 0 aliphatic carbocycles. The third-order valence-electron chi connectivity index (χ3n) is 3.27. The van der Waals surface area contributed by atoms with Crippen LogP contribution in [0.5, 0.6) is 5.75 Å². The topological polar surface area (TPSA) is 50.7 Å². The minimum Gasteiger partial charge on any atom is -0.488 e. The molecule has 0 spiro atoms. The Kier molecular flexibility index (Phi) is 5.37. The van der Waals surface area contributed by atoms with E-state index in [1.165, 1.54) is 11.3 Å². The maximum Gasteiger partial charge on any atom is 0.281 e. The molecule has 0 saturated carbocycles. The van der Waals surface area contributed by atoms with Crippen LogP contribution >= 0.6 is 11.3 Å². The number of hydrogen-bond acceptors (Lipinski definition) is 4. The van der Waals surface area contributed by atoms with Gasteiger partial charge in [-0.2, -0.15) is 5.10 Å². The number of carbonyl (C=O) groups excluding carboxylic acids is 1. The van der Waals surface area contributed by atoms with Gasteiger partial charge in [-0.3, -0.25) is 4.79 Å². The van der Waals surface area contributed by atoms with Gasteiger partial charge in [0.15, 0.2) is 0 Å². The molecule has 3 rings (SSSR count). The average molecular weight is 336 g/mol. The van der Waals surface area contributed by atoms with E-state index < -0.39 is 0 Å². The van der Waals surface area contributed by atoms with Gasteiger partial charge in [0.05, 0.1) is 11.1 Å². The largest absolute Gasteiger partial charge is 0.488 e. The summed E-state index contributed by atoms with van der Waals surface area (Å²) >= 11 is 1.38. The van der Waals surface area contributed by atoms with E-state index in [0.29, 0.717) is 11.5 Å². The molecule has 120 valence electrons. The molecule has 0 fully saturated rings. The molecular formula is C19H16N2O2S. The van der Waals surface area contributed by atoms with Gasteiger partial charge in [-0.15, -0.1) is 11.3 Å². The van der Waals surface area contributed by atoms with Crippen molar-refractivity contribution in [2.45, 2.75) is 6.61 Å². The normalized spacial score (nSPS) is 10.7. The van der Waals surface area contributed by atoms with Crippen molar-refractivity contribution in [2.75, 3.05) is 0 Å². The fourth-order valence-corrected chi connectivity index (χ4v) is 2.69. The number of para-hydroxylation sites is 1. The Bertz CT molecular complexity index is 814. The summed E-state index contributed by atoms with van der Waals surface area (Å²) in [6.45, 7) is 0.479. The van der Waals surface area contributed by atoms with E-state index in [1.54, 1.807) is 12.3 Å². The Balaban J connectivity index is 1.63. The first-order chi connectivity index (χ1) is 11.8. The highest BCUT2D eigenvalue weighted by Crippen LogP contribution is 2.17. The SMILES string of the molecule is O=C(NN=Cc1ccccc1OCc1ccccc1)c1cccs1. The van der Waals surface area contributed by atoms with Crippen molar-refractivity contribution in [2.24, 2.45) is 5.10 Å². The van der Waals surface area contributed by atoms with Gasteiger partial charge < -0.3 is 4.74 Å². The average Bonchev–Trinajstić information content (AvgIpc) is 3.16. The molecule has 1 N–H and O–H groups in total. The number of nitrogens with one attached hydrogen (secondary N) is 1. The minimum atomic E-state index is -0.219. The second kappa shape index (κ2) is 8.08. The number of carbonyl (C=O) groups is 1. The van der Waals surface area contributed by atoms with Gasteiger partial charge in [0.25, 0.3) is 5.91 Å². The molecule has 0 aliphatic rings. The number of nitrogens with zero attached hydrogens (tertiary/aromatic N) is 1. The fourth-order valence-electron chi connectivity index (χ4n) is 2.08. The quantitative estimate of drug-likeness (QED) is 0.544. The third kappa shape index (κ3) is 4.30. The van der Waals surface area contributed by atoms with E-state index >= 15 is 0 Å². The van der Waals surface area contributed by atoms with Gasteiger partial charge in [0.2, 0.25) is 0 Å². The van der Waals surface area contributed by atoms with E-state index in [2.05, 4.69) is 10.5 Å². The van der Waals surface area contributed by atoms with Gasteiger partial charge in [-0.1, -0.05) is 48.5 Å². The predicted octanol–water partition coefficient (Wildman–Crippen LogP) is 4.09. The summed E-state index contributed by atoms with van der Waals surface area (Å²) in [5.74, 6) is 0.499. The first kappa shape index (κ1) is 16.0. The monoisotopic (exact) mass is 336 g/mol. The lowest BCUT2D eigenvalue weighted by molar-refractivity contribution is 0.0959. The van der Waals surface area contributed by atoms with Crippen LogP contribution in [0.2, 0.25) is 0 Å². The molecule has 0 bridgehead atoms. The highest BCUT2D eigenvalue weighted by Gasteiger charge is 2.05. The third-order valence-corrected chi connectivity index (χ3v) is 4.14. The molecule has 0 saturated heterocycles. The summed E-state index contributed by atoms with van der Waals surface area (Å²) in [6.07, 6.45) is 1.59. The van der Waals surface area contributed by atoms with Crippen molar-refractivity contribution in [1.82, 2.24) is 5.43 Å². The maximum atomic E-state index is 11.8. The molecule has 1 aromatic heterocycles. The molecule has 4 nitrogen and oxygen atoms in total. The molecule has 0 atom stereocenters. The molecule has 0 radical (unpaired) electrons. The summed E-state index contributed by atoms with van der Waals surface area (Å²) in [7, 11) is 0. The van der Waals surface area contributed by atoms with Gasteiger partial charge in [-0.05, 0) is 29.1 Å². The zero-order valence-corrected chi connectivity index (χ0v) is 13.7. The minimum absolute atomic E-state index is 0.219. The Hall–Kier alpha value is -2.92. The number of benzene rings is 2. The van der Waals surface area contributed by atoms with Crippen LogP contribution < -0.4 is 10.2 Å². The highest BCUT2D eigenvalue weighted by molar-refractivity contribution is 7.12. The number of thiophene rings is 1. The zero-order valence-electron chi connectivity index (χ0n) is 12.9. The van der Waals surface area contributed by atoms with Crippen LogP contribution in [-0.4, -0.2) is 12.1 Å². The summed E-state index contributed by atoms with van der Waals surface area (Å²) in [5, 5.41) is 5.87. The first-order valence-electron chi connectivity index (χ1n) is 7.45. The van der Waals surface area contributed by atoms with E-state index in [0.717, 1.165) is 16.9 Å². The number of amides is 1. The number of hydrogen-bond donors (Lipinski definition) is 1. The van der Waals surface area contributed by atoms with E-state index in [9.17, 15) is 4.79 Å². The van der Waals surface area contributed by atoms with Gasteiger partial charge in [0.1, 0.15) is 12.4 Å². The van der Waals surface area contributed by atoms with Crippen molar-refractivity contribution in [3.63, 3.8) is 0 Å². The molecular weight excluding hydrogens is 320 g/mol. The molecule has 3 aromatic rings. The zero-order chi connectivity index (χ0) is 16.6. The highest BCUT2D eigenvalue weighted by atomic mass is 32.1. The second-order valence-corrected chi connectivity index (χ2v) is 5.94. The Labute approximate surface area is 144 Å². The summed E-state index contributed by atoms with van der Waals surface area (Å²) in [6, 6.07) is 21.1. The van der Waals surface area contributed by atoms with Crippen LogP contribution in [-0.2, 0) is 6.61 Å². The van der Waals surface area contributed by atoms with Crippen LogP contribution in [0, 0.1) is 0 Å². The lowest BCUT2D eigenvalue weighted by Crippen LogP contribution is -2.16. The summed E-state index contributed by atoms with van der Waals surface area (Å²) in [5.41, 5.74) is 4.42. The first-order valence-corrected chi connectivity index (χ1v) is 8.33. The molecule has 1 amide bonds. The molecule has 2 aromatic carbocycles. The molecule has 0 unspecified atom stereocenters. The lowest BCUT2D eigenvalue weighted by atomic mass is 10.2. The molecule has 1 heterocycles. The number of hydrazone groups is 1. The van der Waals surface area contributed by atoms with Crippen LogP contribution in [0.4, 0.5) is 0 Å². The van der Waals surface area contributed by atoms with Crippen molar-refractivity contribution in [3.8, 4) is 5.75 Å². The van der Waals surface area contributed by atoms with Crippen molar-refractivity contribution >= 4 is 23.5 Å². The standard InChI is InChI=1S/C19H16N2O2S/c22-19(18-11-6-12-24-18)21-20-13-16-9-4-5-10-17(16)23-14-15-7-2-1-3-8-15/h1-13H,14H2,(H,21,22). The molecule has 24 heavy (non-hydrogen) atoms. The van der Waals surface area contributed by atoms with Crippen molar-refractivity contribution in [3.05, 3.63) is 88.1 Å². The Morgan fingerprint density at radius 1 is 1.04 bits per heavy atom. The number of rotatable bonds is 6. The second-order valence-electron chi connectivity index (χ2n) is 4.99. The van der Waals surface area contributed by atoms with Crippen LogP contribution in [0.25, 0.3) is 0 Å². The molecule has 5 heteroatoms. The van der Waals surface area contributed by atoms with Crippen molar-refractivity contribution < 1.29 is 9.53 Å². The maximum absolute atomic E-state index is 11.8. The van der Waals surface area contributed by atoms with Crippen LogP contribution in [0.15, 0.2) is 77.2 Å². The van der Waals surface area contributed by atoms with Crippen LogP contribution in [0.3, 0.4) is 0 Å². The Morgan fingerprint density at radius 3 is 2.62 bits per heavy atom. The van der Waals surface area contributed by atoms with Gasteiger partial charge in [0, 0.05) is 5.56 Å². The summed E-state index contributed by atoms with van der Waals surface area (Å²) in [4.78, 5) is 12.5. The lowest BCUT2D eigenvalue weighted by Gasteiger charge is -2.08. The van der Waals surface area contributed by atoms with Crippen molar-refractivity contribution in [1.29, 1.82) is 0 Å². The van der Waals surface area contributed by atoms with E-state index in [1.807, 2.05) is 66.0 Å². The van der Waals surface area contributed by atoms with Gasteiger partial charge >= 0.3 is 0 Å². The van der Waals surface area contributed by atoms with Crippen LogP contribution in [0.1, 0.15) is 20.8 Å². The molecule has 0 aliphatic heterocycles. The number of ether oxygens (including phenoxy) is 1. The fraction of sp³-hybridized carbons (Fsp3) is 0.0526. The summed E-state index contributed by atoms with van der Waals surface area (Å²) < 4.78 is 5.85. The Morgan fingerprint density at radius 2 is 1.83 bits per heavy atom. The van der Waals surface area contributed by atoms with E-state index in [4.69, 9.17) is 4.74 Å². The smallest absolute Gasteiger partial charge is 0.281 e. The van der Waals surface area contributed by atoms with E-state index in [-0.39, 0.29) is 5.91 Å².